The molecule has 0 radical (unpaired) electrons. The highest BCUT2D eigenvalue weighted by Gasteiger charge is 2.10. The maximum atomic E-state index is 11.7. The van der Waals surface area contributed by atoms with Crippen LogP contribution in [0.15, 0.2) is 18.2 Å². The molecule has 0 heterocycles. The SMILES string of the molecule is CS(=O)(=O)CCOc1ccc(Cl)cc1NC(=O)CCCN.Cl. The smallest absolute Gasteiger partial charge is 0.224 e. The molecular weight excluding hydrogens is 351 g/mol. The fourth-order valence-electron chi connectivity index (χ4n) is 1.50. The number of carbonyl (C=O) groups excluding carboxylic acids is 1. The standard InChI is InChI=1S/C13H19ClN2O4S.ClH/c1-21(18,19)8-7-20-12-5-4-10(14)9-11(12)16-13(17)3-2-6-15;/h4-5,9H,2-3,6-8,15H2,1H3,(H,16,17);1H. The molecule has 3 N–H and O–H groups in total. The number of sulfone groups is 1. The molecule has 0 unspecified atom stereocenters. The Morgan fingerprint density at radius 1 is 1.41 bits per heavy atom. The average molecular weight is 371 g/mol. The Balaban J connectivity index is 0.00000441. The molecule has 0 aliphatic rings. The van der Waals surface area contributed by atoms with Crippen molar-refractivity contribution in [2.75, 3.05) is 30.5 Å². The summed E-state index contributed by atoms with van der Waals surface area (Å²) < 4.78 is 27.5. The van der Waals surface area contributed by atoms with Gasteiger partial charge < -0.3 is 15.8 Å². The third-order valence-electron chi connectivity index (χ3n) is 2.54. The van der Waals surface area contributed by atoms with Crippen LogP contribution in [0.2, 0.25) is 5.02 Å². The van der Waals surface area contributed by atoms with Crippen molar-refractivity contribution in [3.05, 3.63) is 23.2 Å². The van der Waals surface area contributed by atoms with Gasteiger partial charge in [0.2, 0.25) is 5.91 Å². The highest BCUT2D eigenvalue weighted by molar-refractivity contribution is 7.90. The number of anilines is 1. The second-order valence-corrected chi connectivity index (χ2v) is 7.26. The molecule has 126 valence electrons. The van der Waals surface area contributed by atoms with Gasteiger partial charge in [-0.05, 0) is 31.2 Å². The number of rotatable bonds is 8. The summed E-state index contributed by atoms with van der Waals surface area (Å²) in [5, 5.41) is 3.12. The fraction of sp³-hybridized carbons (Fsp3) is 0.462. The molecule has 1 aromatic rings. The number of benzene rings is 1. The van der Waals surface area contributed by atoms with Crippen LogP contribution < -0.4 is 15.8 Å². The van der Waals surface area contributed by atoms with E-state index in [1.165, 1.54) is 0 Å². The molecule has 0 fully saturated rings. The normalized spacial score (nSPS) is 10.7. The van der Waals surface area contributed by atoms with Gasteiger partial charge in [-0.3, -0.25) is 4.79 Å². The monoisotopic (exact) mass is 370 g/mol. The molecule has 1 rings (SSSR count). The van der Waals surface area contributed by atoms with E-state index in [0.717, 1.165) is 6.26 Å². The number of nitrogens with two attached hydrogens (primary N) is 1. The highest BCUT2D eigenvalue weighted by Crippen LogP contribution is 2.28. The van der Waals surface area contributed by atoms with Crippen molar-refractivity contribution in [2.24, 2.45) is 5.73 Å². The molecule has 0 spiro atoms. The zero-order valence-electron chi connectivity index (χ0n) is 12.2. The van der Waals surface area contributed by atoms with Gasteiger partial charge in [-0.25, -0.2) is 8.42 Å². The first-order valence-corrected chi connectivity index (χ1v) is 8.85. The fourth-order valence-corrected chi connectivity index (χ4v) is 2.06. The predicted molar refractivity (Wildman–Crippen MR) is 90.8 cm³/mol. The lowest BCUT2D eigenvalue weighted by atomic mass is 10.2. The van der Waals surface area contributed by atoms with E-state index in [4.69, 9.17) is 22.1 Å². The van der Waals surface area contributed by atoms with Crippen molar-refractivity contribution in [1.82, 2.24) is 0 Å². The quantitative estimate of drug-likeness (QED) is 0.727. The number of hydrogen-bond acceptors (Lipinski definition) is 5. The summed E-state index contributed by atoms with van der Waals surface area (Å²) in [6, 6.07) is 4.74. The predicted octanol–water partition coefficient (Wildman–Crippen LogP) is 1.86. The summed E-state index contributed by atoms with van der Waals surface area (Å²) in [5.41, 5.74) is 5.76. The Bertz CT molecular complexity index is 594. The summed E-state index contributed by atoms with van der Waals surface area (Å²) in [6.07, 6.45) is 2.01. The molecular formula is C13H20Cl2N2O4S. The Morgan fingerprint density at radius 3 is 2.68 bits per heavy atom. The minimum Gasteiger partial charge on any atom is -0.490 e. The number of carbonyl (C=O) groups is 1. The van der Waals surface area contributed by atoms with E-state index in [1.807, 2.05) is 0 Å². The molecule has 0 saturated carbocycles. The summed E-state index contributed by atoms with van der Waals surface area (Å²) in [7, 11) is -3.10. The number of halogens is 2. The lowest BCUT2D eigenvalue weighted by Gasteiger charge is -2.12. The summed E-state index contributed by atoms with van der Waals surface area (Å²) >= 11 is 5.89. The molecule has 9 heteroatoms. The highest BCUT2D eigenvalue weighted by atomic mass is 35.5. The summed E-state index contributed by atoms with van der Waals surface area (Å²) in [6.45, 7) is 0.437. The molecule has 0 aliphatic heterocycles. The van der Waals surface area contributed by atoms with E-state index in [-0.39, 0.29) is 30.7 Å². The van der Waals surface area contributed by atoms with E-state index in [9.17, 15) is 13.2 Å². The van der Waals surface area contributed by atoms with Crippen molar-refractivity contribution in [2.45, 2.75) is 12.8 Å². The van der Waals surface area contributed by atoms with Crippen LogP contribution in [0.5, 0.6) is 5.75 Å². The van der Waals surface area contributed by atoms with Gasteiger partial charge in [0.1, 0.15) is 12.4 Å². The molecule has 1 amide bonds. The largest absolute Gasteiger partial charge is 0.490 e. The lowest BCUT2D eigenvalue weighted by Crippen LogP contribution is -2.16. The van der Waals surface area contributed by atoms with Crippen LogP contribution in [-0.4, -0.2) is 39.5 Å². The minimum atomic E-state index is -3.10. The van der Waals surface area contributed by atoms with Crippen LogP contribution >= 0.6 is 24.0 Å². The van der Waals surface area contributed by atoms with Gasteiger partial charge in [-0.15, -0.1) is 12.4 Å². The third-order valence-corrected chi connectivity index (χ3v) is 3.68. The molecule has 0 saturated heterocycles. The lowest BCUT2D eigenvalue weighted by molar-refractivity contribution is -0.116. The first-order chi connectivity index (χ1) is 9.81. The molecule has 0 atom stereocenters. The van der Waals surface area contributed by atoms with Crippen molar-refractivity contribution in [3.8, 4) is 5.75 Å². The van der Waals surface area contributed by atoms with Gasteiger partial charge >= 0.3 is 0 Å². The first-order valence-electron chi connectivity index (χ1n) is 6.42. The van der Waals surface area contributed by atoms with Crippen LogP contribution in [0.25, 0.3) is 0 Å². The zero-order valence-corrected chi connectivity index (χ0v) is 14.6. The van der Waals surface area contributed by atoms with Crippen molar-refractivity contribution in [3.63, 3.8) is 0 Å². The summed E-state index contributed by atoms with van der Waals surface area (Å²) in [5.74, 6) is 0.0794. The van der Waals surface area contributed by atoms with Crippen LogP contribution in [-0.2, 0) is 14.6 Å². The minimum absolute atomic E-state index is 0. The second kappa shape index (κ2) is 9.89. The van der Waals surface area contributed by atoms with E-state index in [0.29, 0.717) is 35.8 Å². The van der Waals surface area contributed by atoms with Crippen molar-refractivity contribution in [1.29, 1.82) is 0 Å². The van der Waals surface area contributed by atoms with Gasteiger partial charge in [-0.2, -0.15) is 0 Å². The van der Waals surface area contributed by atoms with Gasteiger partial charge in [0.15, 0.2) is 9.84 Å². The number of amides is 1. The van der Waals surface area contributed by atoms with Crippen molar-refractivity contribution >= 4 is 45.4 Å². The Hall–Kier alpha value is -1.02. The van der Waals surface area contributed by atoms with Gasteiger partial charge in [0.25, 0.3) is 0 Å². The topological polar surface area (TPSA) is 98.5 Å². The van der Waals surface area contributed by atoms with Crippen LogP contribution in [0.4, 0.5) is 5.69 Å². The Morgan fingerprint density at radius 2 is 2.09 bits per heavy atom. The molecule has 0 aliphatic carbocycles. The van der Waals surface area contributed by atoms with Crippen LogP contribution in [0.1, 0.15) is 12.8 Å². The van der Waals surface area contributed by atoms with E-state index in [2.05, 4.69) is 5.32 Å². The molecule has 0 aromatic heterocycles. The first kappa shape index (κ1) is 21.0. The number of nitrogens with one attached hydrogen (secondary N) is 1. The van der Waals surface area contributed by atoms with Gasteiger partial charge in [-0.1, -0.05) is 11.6 Å². The number of ether oxygens (including phenoxy) is 1. The Labute approximate surface area is 141 Å². The zero-order chi connectivity index (χ0) is 15.9. The van der Waals surface area contributed by atoms with E-state index < -0.39 is 9.84 Å². The Kier molecular flexibility index (Phi) is 9.43. The third kappa shape index (κ3) is 8.43. The maximum absolute atomic E-state index is 11.7. The average Bonchev–Trinajstić information content (AvgIpc) is 2.37. The van der Waals surface area contributed by atoms with E-state index >= 15 is 0 Å². The van der Waals surface area contributed by atoms with Gasteiger partial charge in [0.05, 0.1) is 11.4 Å². The van der Waals surface area contributed by atoms with E-state index in [1.54, 1.807) is 18.2 Å². The molecule has 0 bridgehead atoms. The summed E-state index contributed by atoms with van der Waals surface area (Å²) in [4.78, 5) is 11.7. The number of hydrogen-bond donors (Lipinski definition) is 2. The second-order valence-electron chi connectivity index (χ2n) is 4.56. The van der Waals surface area contributed by atoms with Gasteiger partial charge in [0, 0.05) is 17.7 Å². The molecule has 6 nitrogen and oxygen atoms in total. The maximum Gasteiger partial charge on any atom is 0.224 e. The van der Waals surface area contributed by atoms with Crippen molar-refractivity contribution < 1.29 is 17.9 Å². The molecule has 22 heavy (non-hydrogen) atoms. The van der Waals surface area contributed by atoms with Crippen LogP contribution in [0.3, 0.4) is 0 Å². The van der Waals surface area contributed by atoms with Crippen LogP contribution in [0, 0.1) is 0 Å². The molecule has 1 aromatic carbocycles.